The number of amides is 1. The van der Waals surface area contributed by atoms with E-state index in [0.717, 1.165) is 33.7 Å². The summed E-state index contributed by atoms with van der Waals surface area (Å²) in [5.41, 5.74) is 0.839. The molecular weight excluding hydrogens is 320 g/mol. The van der Waals surface area contributed by atoms with Crippen LogP contribution in [0.1, 0.15) is 9.67 Å². The van der Waals surface area contributed by atoms with Gasteiger partial charge < -0.3 is 14.9 Å². The lowest BCUT2D eigenvalue weighted by Crippen LogP contribution is -2.48. The molecule has 0 bridgehead atoms. The summed E-state index contributed by atoms with van der Waals surface area (Å²) in [6.07, 6.45) is 0. The number of carbonyl (C=O) groups is 1. The average Bonchev–Trinajstić information content (AvgIpc) is 3.06. The Bertz CT molecular complexity index is 849. The van der Waals surface area contributed by atoms with Crippen molar-refractivity contribution in [2.24, 2.45) is 0 Å². The van der Waals surface area contributed by atoms with Crippen molar-refractivity contribution in [2.75, 3.05) is 31.1 Å². The van der Waals surface area contributed by atoms with Crippen molar-refractivity contribution in [1.29, 1.82) is 0 Å². The lowest BCUT2D eigenvalue weighted by atomic mass is 10.2. The highest BCUT2D eigenvalue weighted by molar-refractivity contribution is 7.20. The first-order valence-electron chi connectivity index (χ1n) is 8.03. The molecule has 122 valence electrons. The second kappa shape index (κ2) is 6.17. The van der Waals surface area contributed by atoms with Crippen LogP contribution in [-0.4, -0.2) is 42.1 Å². The smallest absolute Gasteiger partial charge is 0.264 e. The number of thiophene rings is 1. The van der Waals surface area contributed by atoms with Gasteiger partial charge in [-0.3, -0.25) is 4.79 Å². The van der Waals surface area contributed by atoms with E-state index in [2.05, 4.69) is 4.90 Å². The van der Waals surface area contributed by atoms with Crippen LogP contribution in [0.5, 0.6) is 5.75 Å². The van der Waals surface area contributed by atoms with Gasteiger partial charge in [-0.2, -0.15) is 0 Å². The first-order valence-corrected chi connectivity index (χ1v) is 8.85. The standard InChI is InChI=1S/C19H18N2O2S/c22-16-7-3-2-6-15(16)20-9-11-21(12-10-20)19(23)18-13-14-5-1-4-8-17(14)24-18/h1-8,13,22H,9-12H2. The summed E-state index contributed by atoms with van der Waals surface area (Å²) in [4.78, 5) is 17.6. The number of anilines is 1. The van der Waals surface area contributed by atoms with Crippen LogP contribution in [0.15, 0.2) is 54.6 Å². The zero-order valence-corrected chi connectivity index (χ0v) is 14.0. The molecule has 0 aliphatic carbocycles. The summed E-state index contributed by atoms with van der Waals surface area (Å²) >= 11 is 1.55. The predicted molar refractivity (Wildman–Crippen MR) is 98.0 cm³/mol. The molecule has 1 saturated heterocycles. The van der Waals surface area contributed by atoms with E-state index in [0.29, 0.717) is 18.8 Å². The van der Waals surface area contributed by atoms with Crippen molar-refractivity contribution < 1.29 is 9.90 Å². The van der Waals surface area contributed by atoms with Crippen molar-refractivity contribution in [2.45, 2.75) is 0 Å². The number of carbonyl (C=O) groups excluding carboxylic acids is 1. The molecule has 2 heterocycles. The number of benzene rings is 2. The van der Waals surface area contributed by atoms with E-state index in [9.17, 15) is 9.90 Å². The normalized spacial score (nSPS) is 15.0. The number of hydrogen-bond donors (Lipinski definition) is 1. The number of rotatable bonds is 2. The first-order chi connectivity index (χ1) is 11.7. The average molecular weight is 338 g/mol. The molecule has 2 aromatic carbocycles. The molecular formula is C19H18N2O2S. The molecule has 0 atom stereocenters. The third kappa shape index (κ3) is 2.71. The molecule has 0 radical (unpaired) electrons. The maximum Gasteiger partial charge on any atom is 0.264 e. The Morgan fingerprint density at radius 3 is 2.42 bits per heavy atom. The van der Waals surface area contributed by atoms with E-state index in [4.69, 9.17) is 0 Å². The molecule has 1 aromatic heterocycles. The summed E-state index contributed by atoms with van der Waals surface area (Å²) in [6.45, 7) is 2.80. The molecule has 0 unspecified atom stereocenters. The SMILES string of the molecule is O=C(c1cc2ccccc2s1)N1CCN(c2ccccc2O)CC1. The molecule has 5 heteroatoms. The maximum absolute atomic E-state index is 12.7. The lowest BCUT2D eigenvalue weighted by Gasteiger charge is -2.36. The first kappa shape index (κ1) is 15.0. The van der Waals surface area contributed by atoms with Gasteiger partial charge in [-0.05, 0) is 29.7 Å². The number of fused-ring (bicyclic) bond motifs is 1. The van der Waals surface area contributed by atoms with Crippen LogP contribution in [0, 0.1) is 0 Å². The van der Waals surface area contributed by atoms with Crippen LogP contribution in [-0.2, 0) is 0 Å². The van der Waals surface area contributed by atoms with Gasteiger partial charge in [-0.25, -0.2) is 0 Å². The summed E-state index contributed by atoms with van der Waals surface area (Å²) in [5.74, 6) is 0.398. The third-order valence-electron chi connectivity index (χ3n) is 4.43. The summed E-state index contributed by atoms with van der Waals surface area (Å²) < 4.78 is 1.15. The van der Waals surface area contributed by atoms with Gasteiger partial charge in [0.15, 0.2) is 0 Å². The number of phenols is 1. The molecule has 0 saturated carbocycles. The van der Waals surface area contributed by atoms with Gasteiger partial charge >= 0.3 is 0 Å². The van der Waals surface area contributed by atoms with E-state index in [1.165, 1.54) is 0 Å². The number of aromatic hydroxyl groups is 1. The van der Waals surface area contributed by atoms with Crippen LogP contribution in [0.2, 0.25) is 0 Å². The van der Waals surface area contributed by atoms with E-state index >= 15 is 0 Å². The number of hydrogen-bond acceptors (Lipinski definition) is 4. The van der Waals surface area contributed by atoms with Crippen LogP contribution in [0.25, 0.3) is 10.1 Å². The zero-order valence-electron chi connectivity index (χ0n) is 13.2. The van der Waals surface area contributed by atoms with E-state index < -0.39 is 0 Å². The van der Waals surface area contributed by atoms with Gasteiger partial charge in [-0.1, -0.05) is 30.3 Å². The van der Waals surface area contributed by atoms with Gasteiger partial charge in [-0.15, -0.1) is 11.3 Å². The van der Waals surface area contributed by atoms with Crippen LogP contribution >= 0.6 is 11.3 Å². The molecule has 1 fully saturated rings. The fourth-order valence-corrected chi connectivity index (χ4v) is 4.16. The maximum atomic E-state index is 12.7. The van der Waals surface area contributed by atoms with Crippen molar-refractivity contribution in [3.8, 4) is 5.75 Å². The quantitative estimate of drug-likeness (QED) is 0.777. The zero-order chi connectivity index (χ0) is 16.5. The minimum Gasteiger partial charge on any atom is -0.506 e. The summed E-state index contributed by atoms with van der Waals surface area (Å²) in [7, 11) is 0. The second-order valence-corrected chi connectivity index (χ2v) is 7.00. The van der Waals surface area contributed by atoms with Crippen LogP contribution < -0.4 is 4.90 Å². The summed E-state index contributed by atoms with van der Waals surface area (Å²) in [5, 5.41) is 11.1. The molecule has 1 amide bonds. The largest absolute Gasteiger partial charge is 0.506 e. The lowest BCUT2D eigenvalue weighted by molar-refractivity contribution is 0.0751. The van der Waals surface area contributed by atoms with Gasteiger partial charge in [0.05, 0.1) is 10.6 Å². The Balaban J connectivity index is 1.47. The molecule has 4 nitrogen and oxygen atoms in total. The molecule has 4 rings (SSSR count). The fourth-order valence-electron chi connectivity index (χ4n) is 3.13. The van der Waals surface area contributed by atoms with Gasteiger partial charge in [0.2, 0.25) is 0 Å². The molecule has 24 heavy (non-hydrogen) atoms. The van der Waals surface area contributed by atoms with Crippen molar-refractivity contribution in [1.82, 2.24) is 4.90 Å². The Morgan fingerprint density at radius 1 is 0.958 bits per heavy atom. The van der Waals surface area contributed by atoms with Crippen molar-refractivity contribution in [3.05, 3.63) is 59.5 Å². The van der Waals surface area contributed by atoms with E-state index in [-0.39, 0.29) is 5.91 Å². The Kier molecular flexibility index (Phi) is 3.86. The van der Waals surface area contributed by atoms with Gasteiger partial charge in [0.1, 0.15) is 5.75 Å². The Labute approximate surface area is 144 Å². The highest BCUT2D eigenvalue weighted by Crippen LogP contribution is 2.29. The van der Waals surface area contributed by atoms with E-state index in [1.807, 2.05) is 53.4 Å². The molecule has 1 N–H and O–H groups in total. The third-order valence-corrected chi connectivity index (χ3v) is 5.53. The van der Waals surface area contributed by atoms with Crippen LogP contribution in [0.3, 0.4) is 0 Å². The topological polar surface area (TPSA) is 43.8 Å². The molecule has 3 aromatic rings. The monoisotopic (exact) mass is 338 g/mol. The number of para-hydroxylation sites is 2. The highest BCUT2D eigenvalue weighted by Gasteiger charge is 2.24. The second-order valence-electron chi connectivity index (χ2n) is 5.92. The van der Waals surface area contributed by atoms with Gasteiger partial charge in [0.25, 0.3) is 5.91 Å². The van der Waals surface area contributed by atoms with Gasteiger partial charge in [0, 0.05) is 30.9 Å². The highest BCUT2D eigenvalue weighted by atomic mass is 32.1. The minimum atomic E-state index is 0.105. The minimum absolute atomic E-state index is 0.105. The number of phenolic OH excluding ortho intramolecular Hbond substituents is 1. The fraction of sp³-hybridized carbons (Fsp3) is 0.211. The molecule has 1 aliphatic rings. The number of nitrogens with zero attached hydrogens (tertiary/aromatic N) is 2. The summed E-state index contributed by atoms with van der Waals surface area (Å²) in [6, 6.07) is 17.4. The molecule has 0 spiro atoms. The van der Waals surface area contributed by atoms with E-state index in [1.54, 1.807) is 17.4 Å². The van der Waals surface area contributed by atoms with Crippen molar-refractivity contribution in [3.63, 3.8) is 0 Å². The van der Waals surface area contributed by atoms with Crippen LogP contribution in [0.4, 0.5) is 5.69 Å². The Hall–Kier alpha value is -2.53. The van der Waals surface area contributed by atoms with Crippen molar-refractivity contribution >= 4 is 33.0 Å². The molecule has 1 aliphatic heterocycles. The number of piperazine rings is 1. The Morgan fingerprint density at radius 2 is 1.67 bits per heavy atom. The predicted octanol–water partition coefficient (Wildman–Crippen LogP) is 3.57.